The molecule has 1 saturated carbocycles. The lowest BCUT2D eigenvalue weighted by Gasteiger charge is -2.46. The van der Waals surface area contributed by atoms with Crippen LogP contribution in [0.15, 0.2) is 42.7 Å². The molecule has 0 unspecified atom stereocenters. The topological polar surface area (TPSA) is 44.5 Å². The summed E-state index contributed by atoms with van der Waals surface area (Å²) in [6, 6.07) is 11.9. The van der Waals surface area contributed by atoms with E-state index >= 15 is 0 Å². The molecule has 2 fully saturated rings. The van der Waals surface area contributed by atoms with E-state index in [4.69, 9.17) is 0 Å². The molecule has 0 amide bonds. The lowest BCUT2D eigenvalue weighted by Crippen LogP contribution is -2.56. The van der Waals surface area contributed by atoms with Crippen molar-refractivity contribution in [1.82, 2.24) is 19.6 Å². The zero-order chi connectivity index (χ0) is 18.5. The van der Waals surface area contributed by atoms with Crippen LogP contribution in [-0.4, -0.2) is 63.0 Å². The van der Waals surface area contributed by atoms with Gasteiger partial charge >= 0.3 is 0 Å². The van der Waals surface area contributed by atoms with Crippen molar-refractivity contribution in [3.63, 3.8) is 0 Å². The van der Waals surface area contributed by atoms with Crippen LogP contribution in [0.25, 0.3) is 5.69 Å². The number of nitrogens with zero attached hydrogens (tertiary/aromatic N) is 4. The highest BCUT2D eigenvalue weighted by molar-refractivity contribution is 5.35. The van der Waals surface area contributed by atoms with Crippen molar-refractivity contribution < 1.29 is 5.11 Å². The number of aromatic nitrogens is 2. The van der Waals surface area contributed by atoms with E-state index in [0.29, 0.717) is 6.04 Å². The number of aliphatic hydroxyl groups is 1. The Balaban J connectivity index is 1.41. The summed E-state index contributed by atoms with van der Waals surface area (Å²) in [4.78, 5) is 5.27. The van der Waals surface area contributed by atoms with E-state index in [0.717, 1.165) is 44.3 Å². The van der Waals surface area contributed by atoms with Gasteiger partial charge in [0.1, 0.15) is 0 Å². The molecule has 2 aliphatic rings. The molecule has 1 saturated heterocycles. The van der Waals surface area contributed by atoms with Gasteiger partial charge in [0.05, 0.1) is 5.69 Å². The van der Waals surface area contributed by atoms with Crippen LogP contribution in [-0.2, 0) is 6.54 Å². The second kappa shape index (κ2) is 9.00. The van der Waals surface area contributed by atoms with Crippen LogP contribution in [0.3, 0.4) is 0 Å². The quantitative estimate of drug-likeness (QED) is 0.851. The van der Waals surface area contributed by atoms with Crippen molar-refractivity contribution >= 4 is 0 Å². The zero-order valence-corrected chi connectivity index (χ0v) is 16.2. The smallest absolute Gasteiger partial charge is 0.0648 e. The molecule has 5 heteroatoms. The Morgan fingerprint density at radius 2 is 1.96 bits per heavy atom. The molecule has 27 heavy (non-hydrogen) atoms. The van der Waals surface area contributed by atoms with Gasteiger partial charge in [-0.1, -0.05) is 31.4 Å². The summed E-state index contributed by atoms with van der Waals surface area (Å²) in [5, 5.41) is 13.9. The van der Waals surface area contributed by atoms with Gasteiger partial charge in [0.25, 0.3) is 0 Å². The number of aliphatic hydroxyl groups excluding tert-OH is 1. The van der Waals surface area contributed by atoms with E-state index in [-0.39, 0.29) is 6.61 Å². The maximum absolute atomic E-state index is 9.60. The van der Waals surface area contributed by atoms with E-state index in [2.05, 4.69) is 39.2 Å². The fourth-order valence-corrected chi connectivity index (χ4v) is 4.85. The highest BCUT2D eigenvalue weighted by Crippen LogP contribution is 2.27. The minimum absolute atomic E-state index is 0.288. The van der Waals surface area contributed by atoms with Gasteiger partial charge in [-0.2, -0.15) is 5.10 Å². The van der Waals surface area contributed by atoms with Crippen LogP contribution in [0.1, 0.15) is 44.1 Å². The molecule has 1 aromatic heterocycles. The van der Waals surface area contributed by atoms with Crippen LogP contribution in [0.5, 0.6) is 0 Å². The van der Waals surface area contributed by atoms with E-state index < -0.39 is 0 Å². The first-order chi connectivity index (χ1) is 13.3. The van der Waals surface area contributed by atoms with Crippen LogP contribution < -0.4 is 0 Å². The van der Waals surface area contributed by atoms with Gasteiger partial charge in [-0.25, -0.2) is 4.68 Å². The molecule has 146 valence electrons. The van der Waals surface area contributed by atoms with Crippen molar-refractivity contribution in [2.75, 3.05) is 26.2 Å². The van der Waals surface area contributed by atoms with Gasteiger partial charge in [0.2, 0.25) is 0 Å². The summed E-state index contributed by atoms with van der Waals surface area (Å²) in [5.74, 6) is 0. The van der Waals surface area contributed by atoms with Crippen LogP contribution in [0.2, 0.25) is 0 Å². The van der Waals surface area contributed by atoms with E-state index in [1.165, 1.54) is 37.7 Å². The third-order valence-corrected chi connectivity index (χ3v) is 6.20. The number of hydrogen-bond acceptors (Lipinski definition) is 4. The molecular weight excluding hydrogens is 336 g/mol. The Labute approximate surface area is 162 Å². The normalized spacial score (nSPS) is 22.9. The average molecular weight is 369 g/mol. The second-order valence-electron chi connectivity index (χ2n) is 8.05. The number of benzene rings is 1. The van der Waals surface area contributed by atoms with Crippen molar-refractivity contribution in [1.29, 1.82) is 0 Å². The predicted octanol–water partition coefficient (Wildman–Crippen LogP) is 3.07. The Morgan fingerprint density at radius 1 is 1.07 bits per heavy atom. The van der Waals surface area contributed by atoms with Gasteiger partial charge in [0.15, 0.2) is 0 Å². The molecular formula is C22H32N4O. The molecule has 2 aromatic rings. The van der Waals surface area contributed by atoms with E-state index in [9.17, 15) is 5.11 Å². The third-order valence-electron chi connectivity index (χ3n) is 6.20. The van der Waals surface area contributed by atoms with Crippen molar-refractivity contribution in [2.45, 2.75) is 57.2 Å². The van der Waals surface area contributed by atoms with Gasteiger partial charge in [-0.15, -0.1) is 0 Å². The molecule has 0 radical (unpaired) electrons. The molecule has 1 N–H and O–H groups in total. The second-order valence-corrected chi connectivity index (χ2v) is 8.05. The summed E-state index contributed by atoms with van der Waals surface area (Å²) in [5.41, 5.74) is 2.45. The van der Waals surface area contributed by atoms with Gasteiger partial charge < -0.3 is 5.11 Å². The standard InChI is InChI=1S/C22H32N4O/c27-15-10-22-18-24(13-14-25(22)20-7-2-1-3-8-20)17-19-6-4-9-21(16-19)26-12-5-11-23-26/h4-6,9,11-12,16,20,22,27H,1-3,7-8,10,13-15,17-18H2/t22-/m1/s1. The summed E-state index contributed by atoms with van der Waals surface area (Å²) >= 11 is 0. The van der Waals surface area contributed by atoms with Gasteiger partial charge in [0, 0.05) is 57.3 Å². The Bertz CT molecular complexity index is 696. The minimum Gasteiger partial charge on any atom is -0.396 e. The van der Waals surface area contributed by atoms with Crippen LogP contribution in [0, 0.1) is 0 Å². The highest BCUT2D eigenvalue weighted by atomic mass is 16.3. The molecule has 0 bridgehead atoms. The summed E-state index contributed by atoms with van der Waals surface area (Å²) < 4.78 is 1.92. The molecule has 1 aliphatic carbocycles. The lowest BCUT2D eigenvalue weighted by molar-refractivity contribution is 0.0137. The van der Waals surface area contributed by atoms with Gasteiger partial charge in [-0.05, 0) is 43.0 Å². The van der Waals surface area contributed by atoms with E-state index in [1.54, 1.807) is 0 Å². The molecule has 5 nitrogen and oxygen atoms in total. The SMILES string of the molecule is OCC[C@@H]1CN(Cc2cccc(-n3cccn3)c2)CCN1C1CCCCC1. The Morgan fingerprint density at radius 3 is 2.74 bits per heavy atom. The number of hydrogen-bond donors (Lipinski definition) is 1. The predicted molar refractivity (Wildman–Crippen MR) is 108 cm³/mol. The first-order valence-electron chi connectivity index (χ1n) is 10.5. The number of rotatable bonds is 6. The summed E-state index contributed by atoms with van der Waals surface area (Å²) in [6.07, 6.45) is 11.5. The minimum atomic E-state index is 0.288. The highest BCUT2D eigenvalue weighted by Gasteiger charge is 2.32. The maximum Gasteiger partial charge on any atom is 0.0648 e. The molecule has 1 aliphatic heterocycles. The Kier molecular flexibility index (Phi) is 6.22. The third kappa shape index (κ3) is 4.60. The molecule has 4 rings (SSSR count). The zero-order valence-electron chi connectivity index (χ0n) is 16.2. The largest absolute Gasteiger partial charge is 0.396 e. The maximum atomic E-state index is 9.60. The first-order valence-corrected chi connectivity index (χ1v) is 10.5. The van der Waals surface area contributed by atoms with Gasteiger partial charge in [-0.3, -0.25) is 9.80 Å². The van der Waals surface area contributed by atoms with Crippen molar-refractivity contribution in [3.8, 4) is 5.69 Å². The fourth-order valence-electron chi connectivity index (χ4n) is 4.85. The molecule has 0 spiro atoms. The average Bonchev–Trinajstić information content (AvgIpc) is 3.24. The van der Waals surface area contributed by atoms with Crippen molar-refractivity contribution in [2.24, 2.45) is 0 Å². The number of piperazine rings is 1. The Hall–Kier alpha value is -1.69. The molecule has 1 atom stereocenters. The van der Waals surface area contributed by atoms with Crippen LogP contribution in [0.4, 0.5) is 0 Å². The lowest BCUT2D eigenvalue weighted by atomic mass is 9.91. The molecule has 2 heterocycles. The molecule has 1 aromatic carbocycles. The summed E-state index contributed by atoms with van der Waals surface area (Å²) in [7, 11) is 0. The monoisotopic (exact) mass is 368 g/mol. The van der Waals surface area contributed by atoms with Crippen LogP contribution >= 0.6 is 0 Å². The van der Waals surface area contributed by atoms with E-state index in [1.807, 2.05) is 23.1 Å². The first kappa shape index (κ1) is 18.7. The fraction of sp³-hybridized carbons (Fsp3) is 0.591. The van der Waals surface area contributed by atoms with Crippen molar-refractivity contribution in [3.05, 3.63) is 48.3 Å². The summed E-state index contributed by atoms with van der Waals surface area (Å²) in [6.45, 7) is 4.56.